The number of nitrogens with one attached hydrogen (secondary N) is 1. The molecule has 1 aromatic rings. The lowest BCUT2D eigenvalue weighted by Crippen LogP contribution is -2.66. The number of carbonyl (C=O) groups excluding carboxylic acids is 5. The van der Waals surface area contributed by atoms with E-state index < -0.39 is 82.2 Å². The normalized spacial score (nSPS) is 22.8. The summed E-state index contributed by atoms with van der Waals surface area (Å²) < 4.78 is 30.4. The average molecular weight is 674 g/mol. The Morgan fingerprint density at radius 1 is 0.708 bits per heavy atom. The van der Waals surface area contributed by atoms with Crippen molar-refractivity contribution in [1.82, 2.24) is 5.32 Å². The first kappa shape index (κ1) is 40.6. The average Bonchev–Trinajstić information content (AvgIpc) is 2.96. The van der Waals surface area contributed by atoms with E-state index in [1.807, 2.05) is 30.3 Å². The van der Waals surface area contributed by atoms with E-state index in [1.54, 1.807) is 89.2 Å². The van der Waals surface area contributed by atoms with Crippen LogP contribution < -0.4 is 5.32 Å². The largest absolute Gasteiger partial charge is 0.462 e. The maximum atomic E-state index is 13.5. The van der Waals surface area contributed by atoms with Crippen LogP contribution >= 0.6 is 0 Å². The van der Waals surface area contributed by atoms with E-state index >= 15 is 0 Å². The van der Waals surface area contributed by atoms with E-state index in [9.17, 15) is 24.0 Å². The lowest BCUT2D eigenvalue weighted by Gasteiger charge is -2.47. The van der Waals surface area contributed by atoms with Gasteiger partial charge in [0.1, 0.15) is 19.0 Å². The highest BCUT2D eigenvalue weighted by atomic mass is 16.7. The lowest BCUT2D eigenvalue weighted by atomic mass is 9.92. The Morgan fingerprint density at radius 2 is 1.17 bits per heavy atom. The molecule has 48 heavy (non-hydrogen) atoms. The molecule has 0 spiro atoms. The Labute approximate surface area is 285 Å². The van der Waals surface area contributed by atoms with Gasteiger partial charge in [-0.15, -0.1) is 0 Å². The zero-order valence-electron chi connectivity index (χ0n) is 30.6. The fourth-order valence-electron chi connectivity index (χ4n) is 4.32. The van der Waals surface area contributed by atoms with Gasteiger partial charge in [-0.25, -0.2) is 0 Å². The molecule has 1 N–H and O–H groups in total. The van der Waals surface area contributed by atoms with E-state index in [0.717, 1.165) is 5.56 Å². The predicted molar refractivity (Wildman–Crippen MR) is 179 cm³/mol. The van der Waals surface area contributed by atoms with E-state index in [-0.39, 0.29) is 6.61 Å². The summed E-state index contributed by atoms with van der Waals surface area (Å²) in [4.78, 5) is 64.4. The second-order valence-electron chi connectivity index (χ2n) is 16.2. The second kappa shape index (κ2) is 16.2. The van der Waals surface area contributed by atoms with Crippen molar-refractivity contribution in [3.63, 3.8) is 0 Å². The molecule has 1 aliphatic rings. The first-order chi connectivity index (χ1) is 22.0. The van der Waals surface area contributed by atoms with Crippen molar-refractivity contribution < 1.29 is 47.7 Å². The quantitative estimate of drug-likeness (QED) is 0.135. The second-order valence-corrected chi connectivity index (χ2v) is 16.2. The first-order valence-electron chi connectivity index (χ1n) is 16.3. The van der Waals surface area contributed by atoms with Crippen LogP contribution in [0.3, 0.4) is 0 Å². The van der Waals surface area contributed by atoms with Gasteiger partial charge in [-0.05, 0) is 101 Å². The van der Waals surface area contributed by atoms with Gasteiger partial charge in [0.05, 0.1) is 21.7 Å². The fourth-order valence-corrected chi connectivity index (χ4v) is 4.32. The van der Waals surface area contributed by atoms with E-state index in [4.69, 9.17) is 23.7 Å². The van der Waals surface area contributed by atoms with Crippen LogP contribution in [0.15, 0.2) is 42.5 Å². The van der Waals surface area contributed by atoms with Gasteiger partial charge in [0, 0.05) is 6.04 Å². The molecule has 11 heteroatoms. The molecule has 6 atom stereocenters. The number of hydrogen-bond donors (Lipinski definition) is 1. The number of benzene rings is 1. The molecule has 0 saturated carbocycles. The van der Waals surface area contributed by atoms with Crippen molar-refractivity contribution in [2.24, 2.45) is 21.7 Å². The van der Waals surface area contributed by atoms with Crippen LogP contribution in [0.1, 0.15) is 101 Å². The Bertz CT molecular complexity index is 1290. The Kier molecular flexibility index (Phi) is 13.7. The Hall–Kier alpha value is -3.57. The van der Waals surface area contributed by atoms with E-state index in [1.165, 1.54) is 6.08 Å². The summed E-state index contributed by atoms with van der Waals surface area (Å²) >= 11 is 0. The van der Waals surface area contributed by atoms with E-state index in [0.29, 0.717) is 12.7 Å². The highest BCUT2D eigenvalue weighted by Gasteiger charge is 2.55. The molecule has 1 aromatic carbocycles. The number of rotatable bonds is 11. The Morgan fingerprint density at radius 3 is 1.62 bits per heavy atom. The third-order valence-electron chi connectivity index (χ3n) is 7.35. The fraction of sp³-hybridized carbons (Fsp3) is 0.649. The third kappa shape index (κ3) is 11.8. The van der Waals surface area contributed by atoms with Gasteiger partial charge in [-0.2, -0.15) is 0 Å². The molecule has 0 bridgehead atoms. The predicted octanol–water partition coefficient (Wildman–Crippen LogP) is 5.65. The maximum Gasteiger partial charge on any atom is 0.311 e. The van der Waals surface area contributed by atoms with Crippen LogP contribution in [0.2, 0.25) is 0 Å². The molecule has 1 heterocycles. The summed E-state index contributed by atoms with van der Waals surface area (Å²) in [6.07, 6.45) is -2.28. The molecule has 0 amide bonds. The Balaban J connectivity index is 2.79. The summed E-state index contributed by atoms with van der Waals surface area (Å²) in [5.74, 6) is -2.41. The van der Waals surface area contributed by atoms with Gasteiger partial charge < -0.3 is 23.7 Å². The number of allylic oxidation sites excluding steroid dienone is 1. The lowest BCUT2D eigenvalue weighted by molar-refractivity contribution is -0.266. The summed E-state index contributed by atoms with van der Waals surface area (Å²) in [7, 11) is 0. The minimum absolute atomic E-state index is 0.334. The molecule has 1 saturated heterocycles. The zero-order chi connectivity index (χ0) is 36.7. The first-order valence-corrected chi connectivity index (χ1v) is 16.3. The van der Waals surface area contributed by atoms with Crippen LogP contribution in [0.4, 0.5) is 0 Å². The molecular weight excluding hydrogens is 618 g/mol. The molecule has 11 nitrogen and oxygen atoms in total. The van der Waals surface area contributed by atoms with Crippen LogP contribution in [0.5, 0.6) is 0 Å². The minimum atomic E-state index is -1.37. The standard InChI is InChI=1S/C37H55NO10/c1-34(2,3)30(40)44-22-25-26(46-31(41)35(4,5)6)27(47-32(42)36(7,8)9)28(48-33(43)37(10,11)12)29(45-25)38-24(20-16-17-21-39)23-18-14-13-15-19-23/h13-19,21,24-29,38H,20,22H2,1-12H3/b17-16+/t24-,25+,26-,27-,28+,29+/m0/s1. The van der Waals surface area contributed by atoms with Gasteiger partial charge >= 0.3 is 23.9 Å². The summed E-state index contributed by atoms with van der Waals surface area (Å²) in [6, 6.07) is 8.88. The molecular formula is C37H55NO10. The van der Waals surface area contributed by atoms with Gasteiger partial charge in [-0.3, -0.25) is 29.3 Å². The molecule has 0 radical (unpaired) electrons. The monoisotopic (exact) mass is 673 g/mol. The van der Waals surface area contributed by atoms with Crippen molar-refractivity contribution in [2.45, 2.75) is 126 Å². The number of carbonyl (C=O) groups is 5. The summed E-state index contributed by atoms with van der Waals surface area (Å²) in [5.41, 5.74) is -2.95. The topological polar surface area (TPSA) is 144 Å². The van der Waals surface area contributed by atoms with Crippen LogP contribution in [-0.4, -0.2) is 67.4 Å². The molecule has 0 aromatic heterocycles. The highest BCUT2D eigenvalue weighted by Crippen LogP contribution is 2.35. The minimum Gasteiger partial charge on any atom is -0.462 e. The number of aldehydes is 1. The smallest absolute Gasteiger partial charge is 0.311 e. The molecule has 0 aliphatic carbocycles. The van der Waals surface area contributed by atoms with Crippen molar-refractivity contribution >= 4 is 30.2 Å². The van der Waals surface area contributed by atoms with Gasteiger partial charge in [0.2, 0.25) is 0 Å². The number of esters is 4. The molecule has 0 unspecified atom stereocenters. The molecule has 2 rings (SSSR count). The van der Waals surface area contributed by atoms with Gasteiger partial charge in [-0.1, -0.05) is 36.4 Å². The number of ether oxygens (including phenoxy) is 5. The molecule has 1 aliphatic heterocycles. The summed E-state index contributed by atoms with van der Waals surface area (Å²) in [5, 5.41) is 3.39. The maximum absolute atomic E-state index is 13.5. The van der Waals surface area contributed by atoms with Crippen molar-refractivity contribution in [2.75, 3.05) is 6.61 Å². The van der Waals surface area contributed by atoms with Crippen LogP contribution in [-0.2, 0) is 47.7 Å². The zero-order valence-corrected chi connectivity index (χ0v) is 30.6. The van der Waals surface area contributed by atoms with Crippen molar-refractivity contribution in [1.29, 1.82) is 0 Å². The highest BCUT2D eigenvalue weighted by molar-refractivity contribution is 5.78. The molecule has 1 fully saturated rings. The molecule has 268 valence electrons. The van der Waals surface area contributed by atoms with E-state index in [2.05, 4.69) is 5.32 Å². The van der Waals surface area contributed by atoms with Crippen LogP contribution in [0, 0.1) is 21.7 Å². The number of hydrogen-bond acceptors (Lipinski definition) is 11. The third-order valence-corrected chi connectivity index (χ3v) is 7.35. The van der Waals surface area contributed by atoms with Crippen molar-refractivity contribution in [3.8, 4) is 0 Å². The van der Waals surface area contributed by atoms with Gasteiger partial charge in [0.25, 0.3) is 0 Å². The van der Waals surface area contributed by atoms with Crippen LogP contribution in [0.25, 0.3) is 0 Å². The SMILES string of the molecule is CC(C)(C)C(=O)OC[C@H]1O[C@@H](N[C@@H](C/C=C/C=O)c2ccccc2)[C@H](OC(=O)C(C)(C)C)[C@@H](OC(=O)C(C)(C)C)[C@H]1OC(=O)C(C)(C)C. The summed E-state index contributed by atoms with van der Waals surface area (Å²) in [6.45, 7) is 19.8. The van der Waals surface area contributed by atoms with Crippen molar-refractivity contribution in [3.05, 3.63) is 48.0 Å². The van der Waals surface area contributed by atoms with Gasteiger partial charge in [0.15, 0.2) is 24.5 Å².